The highest BCUT2D eigenvalue weighted by Crippen LogP contribution is 2.53. The van der Waals surface area contributed by atoms with Crippen LogP contribution in [0.15, 0.2) is 36.4 Å². The molecule has 0 aromatic heterocycles. The number of carbonyl (C=O) groups is 2. The van der Waals surface area contributed by atoms with Gasteiger partial charge in [0.2, 0.25) is 0 Å². The minimum atomic E-state index is -6.21. The molecule has 0 bridgehead atoms. The molecule has 0 radical (unpaired) electrons. The Morgan fingerprint density at radius 1 is 0.939 bits per heavy atom. The molecular formula is C21H21F7N2O3. The molecule has 4 N–H and O–H groups in total. The second-order valence-electron chi connectivity index (χ2n) is 6.97. The lowest BCUT2D eigenvalue weighted by molar-refractivity contribution is -0.348. The van der Waals surface area contributed by atoms with Crippen molar-refractivity contribution in [1.82, 2.24) is 0 Å². The number of carboxylic acid groups (broad SMARTS) is 1. The maximum absolute atomic E-state index is 14.3. The van der Waals surface area contributed by atoms with Gasteiger partial charge < -0.3 is 16.2 Å². The van der Waals surface area contributed by atoms with Gasteiger partial charge in [-0.25, -0.2) is 4.39 Å². The number of carboxylic acids is 1. The lowest BCUT2D eigenvalue weighted by atomic mass is 9.90. The third-order valence-corrected chi connectivity index (χ3v) is 4.40. The zero-order chi connectivity index (χ0) is 25.8. The Bertz CT molecular complexity index is 981. The van der Waals surface area contributed by atoms with Gasteiger partial charge in [-0.2, -0.15) is 26.3 Å². The number of hydrogen-bond acceptors (Lipinski definition) is 3. The molecule has 0 saturated carbocycles. The lowest BCUT2D eigenvalue weighted by Crippen LogP contribution is -2.50. The monoisotopic (exact) mass is 482 g/mol. The molecule has 2 rings (SSSR count). The Labute approximate surface area is 184 Å². The van der Waals surface area contributed by atoms with E-state index in [0.29, 0.717) is 12.1 Å². The first-order valence-electron chi connectivity index (χ1n) is 9.28. The molecule has 0 unspecified atom stereocenters. The molecule has 182 valence electrons. The SMILES string of the molecule is CCC(=O)O.Cc1cc(C(F)(C(F)(F)F)C(F)(F)F)cc(C)c1NC(=O)c1cccc(N)c1. The quantitative estimate of drug-likeness (QED) is 0.373. The number of alkyl halides is 7. The van der Waals surface area contributed by atoms with Crippen molar-refractivity contribution < 1.29 is 45.4 Å². The van der Waals surface area contributed by atoms with E-state index in [0.717, 1.165) is 0 Å². The van der Waals surface area contributed by atoms with Gasteiger partial charge in [0.1, 0.15) is 0 Å². The number of carbonyl (C=O) groups excluding carboxylic acids is 1. The van der Waals surface area contributed by atoms with Gasteiger partial charge >= 0.3 is 24.0 Å². The van der Waals surface area contributed by atoms with E-state index in [4.69, 9.17) is 10.8 Å². The number of amides is 1. The summed E-state index contributed by atoms with van der Waals surface area (Å²) in [6, 6.07) is 6.62. The summed E-state index contributed by atoms with van der Waals surface area (Å²) in [5, 5.41) is 10.1. The average Bonchev–Trinajstić information content (AvgIpc) is 2.68. The van der Waals surface area contributed by atoms with Crippen LogP contribution >= 0.6 is 0 Å². The van der Waals surface area contributed by atoms with Crippen LogP contribution in [-0.2, 0) is 10.5 Å². The Morgan fingerprint density at radius 3 is 1.76 bits per heavy atom. The molecule has 0 aliphatic rings. The van der Waals surface area contributed by atoms with Gasteiger partial charge in [0.05, 0.1) is 0 Å². The number of aryl methyl sites for hydroxylation is 2. The van der Waals surface area contributed by atoms with E-state index < -0.39 is 35.5 Å². The minimum absolute atomic E-state index is 0.0251. The Hall–Kier alpha value is -3.31. The van der Waals surface area contributed by atoms with Crippen molar-refractivity contribution in [3.05, 3.63) is 58.7 Å². The van der Waals surface area contributed by atoms with Crippen molar-refractivity contribution in [3.8, 4) is 0 Å². The highest BCUT2D eigenvalue weighted by molar-refractivity contribution is 6.05. The number of rotatable bonds is 4. The second-order valence-corrected chi connectivity index (χ2v) is 6.97. The summed E-state index contributed by atoms with van der Waals surface area (Å²) in [7, 11) is 0. The summed E-state index contributed by atoms with van der Waals surface area (Å²) < 4.78 is 91.9. The largest absolute Gasteiger partial charge is 0.481 e. The summed E-state index contributed by atoms with van der Waals surface area (Å²) in [6.07, 6.45) is -12.2. The van der Waals surface area contributed by atoms with E-state index in [2.05, 4.69) is 5.32 Å². The molecule has 2 aromatic carbocycles. The van der Waals surface area contributed by atoms with Crippen LogP contribution in [0.2, 0.25) is 0 Å². The highest BCUT2D eigenvalue weighted by Gasteiger charge is 2.73. The first-order chi connectivity index (χ1) is 15.0. The normalized spacial score (nSPS) is 11.9. The number of nitrogen functional groups attached to an aromatic ring is 1. The molecule has 1 amide bonds. The van der Waals surface area contributed by atoms with Gasteiger partial charge in [0.15, 0.2) is 0 Å². The standard InChI is InChI=1S/C18H15F7N2O.C3H6O2/c1-9-6-12(16(19,17(20,21)22)18(23,24)25)7-10(2)14(9)27-15(28)11-4-3-5-13(26)8-11;1-2-3(4)5/h3-8H,26H2,1-2H3,(H,27,28);2H2,1H3,(H,4,5). The van der Waals surface area contributed by atoms with Crippen LogP contribution in [0.3, 0.4) is 0 Å². The van der Waals surface area contributed by atoms with Crippen LogP contribution in [0.1, 0.15) is 40.4 Å². The van der Waals surface area contributed by atoms with E-state index >= 15 is 0 Å². The number of aliphatic carboxylic acids is 1. The predicted octanol–water partition coefficient (Wildman–Crippen LogP) is 5.91. The second kappa shape index (κ2) is 10.1. The molecule has 0 atom stereocenters. The third-order valence-electron chi connectivity index (χ3n) is 4.40. The summed E-state index contributed by atoms with van der Waals surface area (Å²) >= 11 is 0. The molecule has 0 fully saturated rings. The number of anilines is 2. The Morgan fingerprint density at radius 2 is 1.39 bits per heavy atom. The lowest BCUT2D eigenvalue weighted by Gasteiger charge is -2.31. The number of nitrogens with one attached hydrogen (secondary N) is 1. The zero-order valence-electron chi connectivity index (χ0n) is 17.7. The highest BCUT2D eigenvalue weighted by atomic mass is 19.4. The number of hydrogen-bond donors (Lipinski definition) is 3. The first kappa shape index (κ1) is 27.7. The first-order valence-corrected chi connectivity index (χ1v) is 9.28. The maximum atomic E-state index is 14.3. The van der Waals surface area contributed by atoms with E-state index in [1.54, 1.807) is 6.92 Å². The van der Waals surface area contributed by atoms with Crippen molar-refractivity contribution in [2.75, 3.05) is 11.1 Å². The van der Waals surface area contributed by atoms with Crippen LogP contribution in [0, 0.1) is 13.8 Å². The molecular weight excluding hydrogens is 461 g/mol. The maximum Gasteiger partial charge on any atom is 0.435 e. The van der Waals surface area contributed by atoms with Crippen molar-refractivity contribution in [2.45, 2.75) is 45.2 Å². The summed E-state index contributed by atoms with van der Waals surface area (Å²) in [6.45, 7) is 3.93. The predicted molar refractivity (Wildman–Crippen MR) is 108 cm³/mol. The van der Waals surface area contributed by atoms with Crippen LogP contribution in [0.5, 0.6) is 0 Å². The van der Waals surface area contributed by atoms with Crippen LogP contribution in [0.25, 0.3) is 0 Å². The molecule has 33 heavy (non-hydrogen) atoms. The fourth-order valence-corrected chi connectivity index (χ4v) is 2.71. The van der Waals surface area contributed by atoms with E-state index in [1.165, 1.54) is 38.1 Å². The van der Waals surface area contributed by atoms with E-state index in [9.17, 15) is 40.3 Å². The van der Waals surface area contributed by atoms with Gasteiger partial charge in [0.25, 0.3) is 5.91 Å². The molecule has 12 heteroatoms. The Kier molecular flexibility index (Phi) is 8.48. The van der Waals surface area contributed by atoms with Gasteiger partial charge in [-0.15, -0.1) is 0 Å². The number of benzene rings is 2. The topological polar surface area (TPSA) is 92.4 Å². The van der Waals surface area contributed by atoms with Crippen molar-refractivity contribution >= 4 is 23.3 Å². The fourth-order valence-electron chi connectivity index (χ4n) is 2.71. The number of nitrogens with two attached hydrogens (primary N) is 1. The van der Waals surface area contributed by atoms with E-state index in [1.807, 2.05) is 0 Å². The van der Waals surface area contributed by atoms with Crippen molar-refractivity contribution in [1.29, 1.82) is 0 Å². The molecule has 2 aromatic rings. The minimum Gasteiger partial charge on any atom is -0.481 e. The smallest absolute Gasteiger partial charge is 0.435 e. The third kappa shape index (κ3) is 6.36. The zero-order valence-corrected chi connectivity index (χ0v) is 17.7. The van der Waals surface area contributed by atoms with Gasteiger partial charge in [-0.3, -0.25) is 9.59 Å². The summed E-state index contributed by atoms with van der Waals surface area (Å²) in [5.74, 6) is -1.42. The van der Waals surface area contributed by atoms with Crippen molar-refractivity contribution in [2.24, 2.45) is 0 Å². The van der Waals surface area contributed by atoms with E-state index in [-0.39, 0.29) is 34.5 Å². The average molecular weight is 482 g/mol. The summed E-state index contributed by atoms with van der Waals surface area (Å²) in [5.41, 5.74) is -1.51. The van der Waals surface area contributed by atoms with Gasteiger partial charge in [-0.1, -0.05) is 25.1 Å². The molecule has 0 saturated heterocycles. The van der Waals surface area contributed by atoms with Crippen LogP contribution < -0.4 is 11.1 Å². The van der Waals surface area contributed by atoms with Gasteiger partial charge in [0, 0.05) is 28.9 Å². The van der Waals surface area contributed by atoms with Crippen LogP contribution in [0.4, 0.5) is 42.1 Å². The Balaban J connectivity index is 0.000000981. The van der Waals surface area contributed by atoms with Crippen LogP contribution in [-0.4, -0.2) is 29.3 Å². The molecule has 0 spiro atoms. The van der Waals surface area contributed by atoms with Crippen molar-refractivity contribution in [3.63, 3.8) is 0 Å². The molecule has 0 aliphatic heterocycles. The summed E-state index contributed by atoms with van der Waals surface area (Å²) in [4.78, 5) is 21.6. The number of halogens is 7. The fraction of sp³-hybridized carbons (Fsp3) is 0.333. The molecule has 5 nitrogen and oxygen atoms in total. The van der Waals surface area contributed by atoms with Gasteiger partial charge in [-0.05, 0) is 43.2 Å². The molecule has 0 heterocycles. The molecule has 0 aliphatic carbocycles.